The second kappa shape index (κ2) is 6.02. The lowest BCUT2D eigenvalue weighted by atomic mass is 10.0. The Kier molecular flexibility index (Phi) is 4.38. The minimum atomic E-state index is -0.842. The van der Waals surface area contributed by atoms with Gasteiger partial charge in [0.2, 0.25) is 0 Å². The summed E-state index contributed by atoms with van der Waals surface area (Å²) in [4.78, 5) is 10.5. The van der Waals surface area contributed by atoms with E-state index in [1.54, 1.807) is 6.33 Å². The summed E-state index contributed by atoms with van der Waals surface area (Å²) in [6.07, 6.45) is 3.88. The second-order valence-electron chi connectivity index (χ2n) is 4.03. The van der Waals surface area contributed by atoms with Crippen LogP contribution >= 0.6 is 11.8 Å². The van der Waals surface area contributed by atoms with Gasteiger partial charge in [0.05, 0.1) is 12.4 Å². The molecule has 0 radical (unpaired) electrons. The van der Waals surface area contributed by atoms with Gasteiger partial charge in [0, 0.05) is 19.1 Å². The standard InChI is InChI=1S/C10H15N3O3S/c14-9(15)6-17-10-12-11-7-13(10)4-8-2-1-3-16-5-8/h7-8H,1-6H2,(H,14,15). The number of carboxylic acid groups (broad SMARTS) is 1. The maximum atomic E-state index is 10.5. The normalized spacial score (nSPS) is 20.4. The third-order valence-corrected chi connectivity index (χ3v) is 3.58. The quantitative estimate of drug-likeness (QED) is 0.789. The first-order valence-corrected chi connectivity index (χ1v) is 6.54. The van der Waals surface area contributed by atoms with Crippen molar-refractivity contribution in [1.29, 1.82) is 0 Å². The number of hydrogen-bond acceptors (Lipinski definition) is 5. The highest BCUT2D eigenvalue weighted by molar-refractivity contribution is 7.99. The fourth-order valence-corrected chi connectivity index (χ4v) is 2.48. The number of ether oxygens (including phenoxy) is 1. The molecule has 17 heavy (non-hydrogen) atoms. The van der Waals surface area contributed by atoms with Gasteiger partial charge in [-0.3, -0.25) is 4.79 Å². The van der Waals surface area contributed by atoms with Gasteiger partial charge in [-0.15, -0.1) is 10.2 Å². The fraction of sp³-hybridized carbons (Fsp3) is 0.700. The highest BCUT2D eigenvalue weighted by Gasteiger charge is 2.16. The Morgan fingerprint density at radius 3 is 3.29 bits per heavy atom. The predicted octanol–water partition coefficient (Wildman–Crippen LogP) is 0.881. The van der Waals surface area contributed by atoms with Crippen LogP contribution in [0.1, 0.15) is 12.8 Å². The molecule has 0 bridgehead atoms. The van der Waals surface area contributed by atoms with Crippen molar-refractivity contribution < 1.29 is 14.6 Å². The molecule has 1 fully saturated rings. The van der Waals surface area contributed by atoms with E-state index in [0.29, 0.717) is 11.1 Å². The first kappa shape index (κ1) is 12.4. The number of hydrogen-bond donors (Lipinski definition) is 1. The monoisotopic (exact) mass is 257 g/mol. The van der Waals surface area contributed by atoms with Gasteiger partial charge in [-0.2, -0.15) is 0 Å². The summed E-state index contributed by atoms with van der Waals surface area (Å²) in [7, 11) is 0. The molecule has 0 aromatic carbocycles. The molecule has 0 spiro atoms. The molecule has 1 aliphatic rings. The van der Waals surface area contributed by atoms with Crippen molar-refractivity contribution in [2.75, 3.05) is 19.0 Å². The van der Waals surface area contributed by atoms with Crippen LogP contribution in [0.3, 0.4) is 0 Å². The molecule has 0 amide bonds. The number of carbonyl (C=O) groups is 1. The highest BCUT2D eigenvalue weighted by Crippen LogP contribution is 2.20. The van der Waals surface area contributed by atoms with Gasteiger partial charge in [-0.25, -0.2) is 0 Å². The fourth-order valence-electron chi connectivity index (χ4n) is 1.84. The molecule has 1 N–H and O–H groups in total. The smallest absolute Gasteiger partial charge is 0.313 e. The molecule has 1 aromatic heterocycles. The highest BCUT2D eigenvalue weighted by atomic mass is 32.2. The van der Waals surface area contributed by atoms with Crippen molar-refractivity contribution in [3.63, 3.8) is 0 Å². The van der Waals surface area contributed by atoms with Gasteiger partial charge in [0.15, 0.2) is 5.16 Å². The van der Waals surface area contributed by atoms with E-state index < -0.39 is 5.97 Å². The molecular formula is C10H15N3O3S. The van der Waals surface area contributed by atoms with E-state index >= 15 is 0 Å². The molecule has 1 aliphatic heterocycles. The maximum absolute atomic E-state index is 10.5. The summed E-state index contributed by atoms with van der Waals surface area (Å²) < 4.78 is 7.32. The van der Waals surface area contributed by atoms with Crippen LogP contribution < -0.4 is 0 Å². The summed E-state index contributed by atoms with van der Waals surface area (Å²) >= 11 is 1.20. The van der Waals surface area contributed by atoms with Crippen LogP contribution in [0.15, 0.2) is 11.5 Å². The number of carboxylic acids is 1. The van der Waals surface area contributed by atoms with Gasteiger partial charge in [0.1, 0.15) is 6.33 Å². The maximum Gasteiger partial charge on any atom is 0.313 e. The van der Waals surface area contributed by atoms with Crippen LogP contribution in [0, 0.1) is 5.92 Å². The summed E-state index contributed by atoms with van der Waals surface area (Å²) in [6, 6.07) is 0. The summed E-state index contributed by atoms with van der Waals surface area (Å²) in [5.41, 5.74) is 0. The zero-order valence-electron chi connectivity index (χ0n) is 9.41. The first-order valence-electron chi connectivity index (χ1n) is 5.56. The van der Waals surface area contributed by atoms with E-state index in [1.165, 1.54) is 11.8 Å². The Hall–Kier alpha value is -1.08. The van der Waals surface area contributed by atoms with Crippen LogP contribution in [-0.2, 0) is 16.1 Å². The van der Waals surface area contributed by atoms with Crippen molar-refractivity contribution in [2.24, 2.45) is 5.92 Å². The minimum absolute atomic E-state index is 0.0137. The van der Waals surface area contributed by atoms with E-state index in [1.807, 2.05) is 4.57 Å². The number of aliphatic carboxylic acids is 1. The molecule has 94 valence electrons. The molecule has 1 unspecified atom stereocenters. The average Bonchev–Trinajstić information content (AvgIpc) is 2.75. The van der Waals surface area contributed by atoms with Crippen LogP contribution in [0.25, 0.3) is 0 Å². The number of aromatic nitrogens is 3. The van der Waals surface area contributed by atoms with Crippen LogP contribution in [0.4, 0.5) is 0 Å². The molecule has 2 heterocycles. The zero-order chi connectivity index (χ0) is 12.1. The van der Waals surface area contributed by atoms with E-state index in [9.17, 15) is 4.79 Å². The number of nitrogens with zero attached hydrogens (tertiary/aromatic N) is 3. The minimum Gasteiger partial charge on any atom is -0.481 e. The van der Waals surface area contributed by atoms with Gasteiger partial charge in [-0.05, 0) is 12.8 Å². The predicted molar refractivity (Wildman–Crippen MR) is 61.9 cm³/mol. The van der Waals surface area contributed by atoms with Crippen LogP contribution in [0.2, 0.25) is 0 Å². The van der Waals surface area contributed by atoms with Gasteiger partial charge >= 0.3 is 5.97 Å². The summed E-state index contributed by atoms with van der Waals surface area (Å²) in [5, 5.41) is 17.0. The third-order valence-electron chi connectivity index (χ3n) is 2.61. The first-order chi connectivity index (χ1) is 8.25. The van der Waals surface area contributed by atoms with E-state index in [2.05, 4.69) is 10.2 Å². The van der Waals surface area contributed by atoms with Crippen molar-refractivity contribution >= 4 is 17.7 Å². The lowest BCUT2D eigenvalue weighted by molar-refractivity contribution is -0.133. The van der Waals surface area contributed by atoms with Crippen molar-refractivity contribution in [3.8, 4) is 0 Å². The lowest BCUT2D eigenvalue weighted by Gasteiger charge is -2.22. The average molecular weight is 257 g/mol. The molecule has 0 saturated carbocycles. The van der Waals surface area contributed by atoms with Crippen LogP contribution in [-0.4, -0.2) is 44.8 Å². The Labute approximate surface area is 103 Å². The molecule has 1 aromatic rings. The largest absolute Gasteiger partial charge is 0.481 e. The molecule has 1 saturated heterocycles. The van der Waals surface area contributed by atoms with E-state index in [4.69, 9.17) is 9.84 Å². The Morgan fingerprint density at radius 2 is 2.59 bits per heavy atom. The third kappa shape index (κ3) is 3.71. The van der Waals surface area contributed by atoms with Gasteiger partial charge in [0.25, 0.3) is 0 Å². The Balaban J connectivity index is 1.91. The van der Waals surface area contributed by atoms with Crippen molar-refractivity contribution in [3.05, 3.63) is 6.33 Å². The zero-order valence-corrected chi connectivity index (χ0v) is 10.2. The van der Waals surface area contributed by atoms with Gasteiger partial charge < -0.3 is 14.4 Å². The number of rotatable bonds is 5. The molecule has 6 nitrogen and oxygen atoms in total. The van der Waals surface area contributed by atoms with E-state index in [0.717, 1.165) is 32.6 Å². The van der Waals surface area contributed by atoms with Crippen LogP contribution in [0.5, 0.6) is 0 Å². The second-order valence-corrected chi connectivity index (χ2v) is 4.97. The Bertz CT molecular complexity index is 377. The SMILES string of the molecule is O=C(O)CSc1nncn1CC1CCCOC1. The Morgan fingerprint density at radius 1 is 1.71 bits per heavy atom. The lowest BCUT2D eigenvalue weighted by Crippen LogP contribution is -2.22. The van der Waals surface area contributed by atoms with Gasteiger partial charge in [-0.1, -0.05) is 11.8 Å². The molecule has 2 rings (SSSR count). The molecular weight excluding hydrogens is 242 g/mol. The summed E-state index contributed by atoms with van der Waals surface area (Å²) in [5.74, 6) is -0.352. The molecule has 0 aliphatic carbocycles. The topological polar surface area (TPSA) is 77.2 Å². The number of thioether (sulfide) groups is 1. The molecule has 7 heteroatoms. The summed E-state index contributed by atoms with van der Waals surface area (Å²) in [6.45, 7) is 2.41. The van der Waals surface area contributed by atoms with Crippen molar-refractivity contribution in [1.82, 2.24) is 14.8 Å². The molecule has 1 atom stereocenters. The van der Waals surface area contributed by atoms with Crippen molar-refractivity contribution in [2.45, 2.75) is 24.5 Å². The van der Waals surface area contributed by atoms with E-state index in [-0.39, 0.29) is 5.75 Å².